The summed E-state index contributed by atoms with van der Waals surface area (Å²) < 4.78 is 20.3. The number of alkyl carbamates (subject to hydrolysis) is 1. The van der Waals surface area contributed by atoms with E-state index in [2.05, 4.69) is 5.32 Å². The largest absolute Gasteiger partial charge is 0.443 e. The summed E-state index contributed by atoms with van der Waals surface area (Å²) in [6.45, 7) is 0. The molecule has 1 heterocycles. The smallest absolute Gasteiger partial charge is 0.407 e. The van der Waals surface area contributed by atoms with Crippen LogP contribution >= 0.6 is 34.8 Å². The first-order chi connectivity index (χ1) is 12.3. The van der Waals surface area contributed by atoms with Gasteiger partial charge >= 0.3 is 6.09 Å². The summed E-state index contributed by atoms with van der Waals surface area (Å²) in [7, 11) is 1.47. The van der Waals surface area contributed by atoms with Crippen molar-refractivity contribution in [3.05, 3.63) is 0 Å². The monoisotopic (exact) mass is 431 g/mol. The molecule has 3 fully saturated rings. The number of amides is 1. The Balaban J connectivity index is 1.65. The van der Waals surface area contributed by atoms with E-state index in [1.165, 1.54) is 13.5 Å². The van der Waals surface area contributed by atoms with Gasteiger partial charge in [-0.3, -0.25) is 0 Å². The van der Waals surface area contributed by atoms with Crippen LogP contribution in [0.1, 0.15) is 38.5 Å². The van der Waals surface area contributed by atoms with E-state index in [1.54, 1.807) is 0 Å². The maximum Gasteiger partial charge on any atom is 0.407 e. The van der Waals surface area contributed by atoms with Crippen LogP contribution in [0, 0.1) is 0 Å². The molecule has 7 nitrogen and oxygen atoms in total. The van der Waals surface area contributed by atoms with Crippen LogP contribution in [0.25, 0.3) is 0 Å². The lowest BCUT2D eigenvalue weighted by Crippen LogP contribution is -2.56. The van der Waals surface area contributed by atoms with Gasteiger partial charge in [0.05, 0.1) is 6.10 Å². The molecule has 2 N–H and O–H groups in total. The van der Waals surface area contributed by atoms with Crippen molar-refractivity contribution in [1.29, 1.82) is 0 Å². The van der Waals surface area contributed by atoms with Gasteiger partial charge in [0.2, 0.25) is 10.1 Å². The Hall–Kier alpha value is -0.0200. The van der Waals surface area contributed by atoms with Gasteiger partial charge in [-0.2, -0.15) is 0 Å². The van der Waals surface area contributed by atoms with Crippen molar-refractivity contribution in [1.82, 2.24) is 5.32 Å². The Bertz CT molecular complexity index is 499. The minimum absolute atomic E-state index is 0.120. The molecule has 2 aliphatic carbocycles. The normalized spacial score (nSPS) is 38.7. The van der Waals surface area contributed by atoms with Crippen LogP contribution in [-0.2, 0) is 18.9 Å². The summed E-state index contributed by atoms with van der Waals surface area (Å²) in [5.74, 6) is 0. The van der Waals surface area contributed by atoms with Crippen LogP contribution in [-0.4, -0.2) is 65.0 Å². The number of fused-ring (bicyclic) bond motifs is 1. The first-order valence-corrected chi connectivity index (χ1v) is 9.98. The van der Waals surface area contributed by atoms with E-state index in [1.807, 2.05) is 0 Å². The van der Waals surface area contributed by atoms with Gasteiger partial charge < -0.3 is 29.4 Å². The van der Waals surface area contributed by atoms with Crippen LogP contribution in [0.5, 0.6) is 0 Å². The molecule has 0 aromatic rings. The van der Waals surface area contributed by atoms with Crippen molar-refractivity contribution in [3.8, 4) is 0 Å². The van der Waals surface area contributed by atoms with Crippen molar-refractivity contribution >= 4 is 40.9 Å². The Morgan fingerprint density at radius 1 is 1.12 bits per heavy atom. The Kier molecular flexibility index (Phi) is 6.81. The van der Waals surface area contributed by atoms with E-state index < -0.39 is 46.7 Å². The first kappa shape index (κ1) is 20.7. The topological polar surface area (TPSA) is 86.3 Å². The second kappa shape index (κ2) is 8.55. The molecular weight excluding hydrogens is 409 g/mol. The average Bonchev–Trinajstić information content (AvgIpc) is 3.04. The molecule has 0 aromatic carbocycles. The molecular formula is C16H24Cl3NO6. The van der Waals surface area contributed by atoms with Crippen LogP contribution in [0.15, 0.2) is 0 Å². The van der Waals surface area contributed by atoms with Gasteiger partial charge in [-0.25, -0.2) is 4.79 Å². The van der Waals surface area contributed by atoms with Gasteiger partial charge in [0.25, 0.3) is 0 Å². The highest BCUT2D eigenvalue weighted by Gasteiger charge is 2.57. The number of rotatable bonds is 3. The fourth-order valence-electron chi connectivity index (χ4n) is 3.85. The van der Waals surface area contributed by atoms with E-state index in [0.29, 0.717) is 0 Å². The standard InChI is InChI=1S/C16H24Cl3NO6/c1-23-9-7-10(24-15(22)20-8-5-3-2-4-6-8)12-13(11(9)21)26-14(25-12)16(17,18)19/h8-14,21H,2-7H2,1H3,(H,20,22)/t9-,10+,11-,12-,13+,14-/m0/s1. The summed E-state index contributed by atoms with van der Waals surface area (Å²) in [6.07, 6.45) is 0.0325. The lowest BCUT2D eigenvalue weighted by Gasteiger charge is -2.38. The number of carbonyl (C=O) groups excluding carboxylic acids is 1. The molecule has 1 saturated heterocycles. The predicted molar refractivity (Wildman–Crippen MR) is 95.5 cm³/mol. The highest BCUT2D eigenvalue weighted by Crippen LogP contribution is 2.43. The Labute approximate surface area is 167 Å². The molecule has 0 bridgehead atoms. The van der Waals surface area contributed by atoms with E-state index in [-0.39, 0.29) is 12.5 Å². The summed E-state index contributed by atoms with van der Waals surface area (Å²) in [4.78, 5) is 12.3. The number of hydrogen-bond acceptors (Lipinski definition) is 6. The molecule has 3 rings (SSSR count). The highest BCUT2D eigenvalue weighted by molar-refractivity contribution is 6.67. The first-order valence-electron chi connectivity index (χ1n) is 8.85. The van der Waals surface area contributed by atoms with Crippen molar-refractivity contribution in [3.63, 3.8) is 0 Å². The molecule has 0 spiro atoms. The van der Waals surface area contributed by atoms with Gasteiger partial charge in [-0.1, -0.05) is 54.1 Å². The van der Waals surface area contributed by atoms with E-state index in [9.17, 15) is 9.90 Å². The highest BCUT2D eigenvalue weighted by atomic mass is 35.6. The third kappa shape index (κ3) is 4.69. The lowest BCUT2D eigenvalue weighted by molar-refractivity contribution is -0.144. The number of nitrogens with one attached hydrogen (secondary N) is 1. The van der Waals surface area contributed by atoms with Crippen molar-refractivity contribution < 1.29 is 28.8 Å². The number of methoxy groups -OCH3 is 1. The number of ether oxygens (including phenoxy) is 4. The van der Waals surface area contributed by atoms with Crippen molar-refractivity contribution in [2.24, 2.45) is 0 Å². The fourth-order valence-corrected chi connectivity index (χ4v) is 4.16. The molecule has 2 saturated carbocycles. The van der Waals surface area contributed by atoms with E-state index >= 15 is 0 Å². The molecule has 1 aliphatic heterocycles. The summed E-state index contributed by atoms with van der Waals surface area (Å²) in [5, 5.41) is 13.3. The zero-order valence-corrected chi connectivity index (χ0v) is 16.7. The number of aliphatic hydroxyl groups excluding tert-OH is 1. The van der Waals surface area contributed by atoms with E-state index in [0.717, 1.165) is 25.7 Å². The number of aliphatic hydroxyl groups is 1. The van der Waals surface area contributed by atoms with Gasteiger partial charge in [0, 0.05) is 19.6 Å². The number of halogens is 3. The molecule has 26 heavy (non-hydrogen) atoms. The number of carbonyl (C=O) groups is 1. The van der Waals surface area contributed by atoms with Crippen LogP contribution < -0.4 is 5.32 Å². The van der Waals surface area contributed by atoms with Crippen molar-refractivity contribution in [2.45, 2.75) is 85.2 Å². The van der Waals surface area contributed by atoms with Crippen LogP contribution in [0.4, 0.5) is 4.79 Å². The average molecular weight is 433 g/mol. The van der Waals surface area contributed by atoms with Crippen LogP contribution in [0.3, 0.4) is 0 Å². The van der Waals surface area contributed by atoms with Gasteiger partial charge in [-0.15, -0.1) is 0 Å². The maximum atomic E-state index is 12.3. The third-order valence-electron chi connectivity index (χ3n) is 5.19. The zero-order valence-electron chi connectivity index (χ0n) is 14.4. The van der Waals surface area contributed by atoms with Gasteiger partial charge in [0.15, 0.2) is 0 Å². The summed E-state index contributed by atoms with van der Waals surface area (Å²) in [5.41, 5.74) is 0. The van der Waals surface area contributed by atoms with E-state index in [4.69, 9.17) is 53.8 Å². The Morgan fingerprint density at radius 3 is 2.38 bits per heavy atom. The molecule has 0 unspecified atom stereocenters. The molecule has 1 amide bonds. The molecule has 0 radical (unpaired) electrons. The molecule has 150 valence electrons. The summed E-state index contributed by atoms with van der Waals surface area (Å²) in [6, 6.07) is 0.120. The van der Waals surface area contributed by atoms with Gasteiger partial charge in [-0.05, 0) is 12.8 Å². The molecule has 10 heteroatoms. The predicted octanol–water partition coefficient (Wildman–Crippen LogP) is 2.67. The number of hydrogen-bond donors (Lipinski definition) is 2. The lowest BCUT2D eigenvalue weighted by atomic mass is 9.87. The minimum atomic E-state index is -1.82. The fraction of sp³-hybridized carbons (Fsp3) is 0.938. The van der Waals surface area contributed by atoms with Crippen LogP contribution in [0.2, 0.25) is 0 Å². The maximum absolute atomic E-state index is 12.3. The summed E-state index contributed by atoms with van der Waals surface area (Å²) >= 11 is 17.6. The zero-order chi connectivity index (χ0) is 18.9. The third-order valence-corrected chi connectivity index (χ3v) is 5.72. The SMILES string of the molecule is CO[C@H]1C[C@@H](OC(=O)NC2CCCCC2)[C@@H]2O[C@H](C(Cl)(Cl)Cl)O[C@@H]2[C@H]1O. The van der Waals surface area contributed by atoms with Crippen molar-refractivity contribution in [2.75, 3.05) is 7.11 Å². The molecule has 6 atom stereocenters. The quantitative estimate of drug-likeness (QED) is 0.667. The second-order valence-electron chi connectivity index (χ2n) is 7.00. The van der Waals surface area contributed by atoms with Gasteiger partial charge in [0.1, 0.15) is 24.4 Å². The molecule has 0 aromatic heterocycles. The Morgan fingerprint density at radius 2 is 1.77 bits per heavy atom. The second-order valence-corrected chi connectivity index (χ2v) is 9.37. The molecule has 3 aliphatic rings. The minimum Gasteiger partial charge on any atom is -0.443 e. The number of alkyl halides is 3.